The van der Waals surface area contributed by atoms with Crippen molar-refractivity contribution in [3.05, 3.63) is 56.1 Å². The minimum absolute atomic E-state index is 0.284. The van der Waals surface area contributed by atoms with Crippen molar-refractivity contribution >= 4 is 50.1 Å². The molecule has 0 radical (unpaired) electrons. The fourth-order valence-electron chi connectivity index (χ4n) is 1.32. The van der Waals surface area contributed by atoms with Gasteiger partial charge in [-0.15, -0.1) is 0 Å². The fourth-order valence-corrected chi connectivity index (χ4v) is 2.30. The Bertz CT molecular complexity index is 606. The minimum atomic E-state index is -0.332. The van der Waals surface area contributed by atoms with Crippen LogP contribution in [0.3, 0.4) is 0 Å². The molecule has 1 amide bonds. The molecule has 92 valence electrons. The Morgan fingerprint density at radius 3 is 2.78 bits per heavy atom. The third-order valence-electron chi connectivity index (χ3n) is 2.15. The molecule has 0 aliphatic rings. The lowest BCUT2D eigenvalue weighted by Crippen LogP contribution is -2.13. The highest BCUT2D eigenvalue weighted by molar-refractivity contribution is 14.1. The number of amides is 1. The van der Waals surface area contributed by atoms with Crippen LogP contribution in [0, 0.1) is 9.39 Å². The summed E-state index contributed by atoms with van der Waals surface area (Å²) in [6.07, 6.45) is 3.06. The van der Waals surface area contributed by atoms with Crippen molar-refractivity contribution in [1.29, 1.82) is 0 Å². The maximum Gasteiger partial charge on any atom is 0.257 e. The summed E-state index contributed by atoms with van der Waals surface area (Å²) < 4.78 is 14.3. The van der Waals surface area contributed by atoms with Gasteiger partial charge in [0, 0.05) is 20.4 Å². The summed E-state index contributed by atoms with van der Waals surface area (Å²) in [6.45, 7) is 0. The van der Waals surface area contributed by atoms with Crippen molar-refractivity contribution in [2.45, 2.75) is 0 Å². The Hall–Kier alpha value is -1.02. The molecule has 6 heteroatoms. The van der Waals surface area contributed by atoms with Crippen LogP contribution in [-0.4, -0.2) is 10.9 Å². The van der Waals surface area contributed by atoms with Crippen LogP contribution in [0.5, 0.6) is 0 Å². The van der Waals surface area contributed by atoms with Crippen molar-refractivity contribution in [3.63, 3.8) is 0 Å². The highest BCUT2D eigenvalue weighted by atomic mass is 127. The summed E-state index contributed by atoms with van der Waals surface area (Å²) in [5, 5.41) is 2.71. The number of aromatic nitrogens is 1. The second-order valence-corrected chi connectivity index (χ2v) is 5.55. The van der Waals surface area contributed by atoms with Crippen molar-refractivity contribution in [3.8, 4) is 0 Å². The Labute approximate surface area is 125 Å². The van der Waals surface area contributed by atoms with Gasteiger partial charge < -0.3 is 5.32 Å². The minimum Gasteiger partial charge on any atom is -0.321 e. The molecule has 2 rings (SSSR count). The Morgan fingerprint density at radius 2 is 2.11 bits per heavy atom. The molecule has 0 aliphatic heterocycles. The maximum atomic E-state index is 12.9. The first kappa shape index (κ1) is 13.4. The second-order valence-electron chi connectivity index (χ2n) is 3.47. The quantitative estimate of drug-likeness (QED) is 0.750. The smallest absolute Gasteiger partial charge is 0.257 e. The lowest BCUT2D eigenvalue weighted by Gasteiger charge is -2.07. The van der Waals surface area contributed by atoms with Crippen molar-refractivity contribution < 1.29 is 9.18 Å². The van der Waals surface area contributed by atoms with Gasteiger partial charge in [0.2, 0.25) is 0 Å². The van der Waals surface area contributed by atoms with E-state index >= 15 is 0 Å². The Morgan fingerprint density at radius 1 is 1.33 bits per heavy atom. The maximum absolute atomic E-state index is 12.9. The zero-order chi connectivity index (χ0) is 13.1. The number of nitrogens with zero attached hydrogens (tertiary/aromatic N) is 1. The van der Waals surface area contributed by atoms with Crippen LogP contribution >= 0.6 is 38.5 Å². The molecule has 0 spiro atoms. The monoisotopic (exact) mass is 420 g/mol. The van der Waals surface area contributed by atoms with Gasteiger partial charge in [0.15, 0.2) is 0 Å². The average molecular weight is 421 g/mol. The van der Waals surface area contributed by atoms with Crippen LogP contribution in [-0.2, 0) is 0 Å². The zero-order valence-electron chi connectivity index (χ0n) is 8.95. The standard InChI is InChI=1S/C12H7BrFIN2O/c13-8-3-7(5-16-6-8)12(18)17-11-2-1-9(14)4-10(11)15/h1-6H,(H,17,18). The largest absolute Gasteiger partial charge is 0.321 e. The first-order valence-corrected chi connectivity index (χ1v) is 6.80. The topological polar surface area (TPSA) is 42.0 Å². The van der Waals surface area contributed by atoms with E-state index in [2.05, 4.69) is 26.2 Å². The first-order valence-electron chi connectivity index (χ1n) is 4.93. The van der Waals surface area contributed by atoms with Gasteiger partial charge in [-0.2, -0.15) is 0 Å². The van der Waals surface area contributed by atoms with Crippen LogP contribution < -0.4 is 5.32 Å². The molecule has 0 bridgehead atoms. The molecule has 1 N–H and O–H groups in total. The molecule has 2 aromatic rings. The number of rotatable bonds is 2. The van der Waals surface area contributed by atoms with Crippen molar-refractivity contribution in [2.24, 2.45) is 0 Å². The summed E-state index contributed by atoms with van der Waals surface area (Å²) in [4.78, 5) is 15.8. The number of hydrogen-bond acceptors (Lipinski definition) is 2. The van der Waals surface area contributed by atoms with E-state index in [0.717, 1.165) is 4.47 Å². The molecule has 0 saturated heterocycles. The number of nitrogens with one attached hydrogen (secondary N) is 1. The van der Waals surface area contributed by atoms with Gasteiger partial charge in [-0.25, -0.2) is 4.39 Å². The van der Waals surface area contributed by atoms with Gasteiger partial charge in [0.25, 0.3) is 5.91 Å². The predicted molar refractivity (Wildman–Crippen MR) is 79.0 cm³/mol. The summed E-state index contributed by atoms with van der Waals surface area (Å²) in [7, 11) is 0. The number of hydrogen-bond donors (Lipinski definition) is 1. The molecule has 0 saturated carbocycles. The number of benzene rings is 1. The molecular weight excluding hydrogens is 414 g/mol. The molecule has 0 atom stereocenters. The SMILES string of the molecule is O=C(Nc1ccc(F)cc1I)c1cncc(Br)c1. The van der Waals surface area contributed by atoms with E-state index in [1.54, 1.807) is 12.3 Å². The zero-order valence-corrected chi connectivity index (χ0v) is 12.7. The first-order chi connectivity index (χ1) is 8.56. The van der Waals surface area contributed by atoms with Gasteiger partial charge in [0.1, 0.15) is 5.82 Å². The summed E-state index contributed by atoms with van der Waals surface area (Å²) >= 11 is 5.21. The third-order valence-corrected chi connectivity index (χ3v) is 3.47. The van der Waals surface area contributed by atoms with Crippen LogP contribution in [0.2, 0.25) is 0 Å². The van der Waals surface area contributed by atoms with Gasteiger partial charge in [-0.05, 0) is 62.8 Å². The third kappa shape index (κ3) is 3.26. The summed E-state index contributed by atoms with van der Waals surface area (Å²) in [6, 6.07) is 5.85. The number of anilines is 1. The van der Waals surface area contributed by atoms with Crippen LogP contribution in [0.15, 0.2) is 41.1 Å². The Balaban J connectivity index is 2.21. The number of halogens is 3. The van der Waals surface area contributed by atoms with E-state index in [1.807, 2.05) is 22.6 Å². The summed E-state index contributed by atoms with van der Waals surface area (Å²) in [5.41, 5.74) is 1.01. The van der Waals surface area contributed by atoms with Crippen LogP contribution in [0.1, 0.15) is 10.4 Å². The van der Waals surface area contributed by atoms with Gasteiger partial charge in [-0.3, -0.25) is 9.78 Å². The van der Waals surface area contributed by atoms with E-state index in [0.29, 0.717) is 14.8 Å². The van der Waals surface area contributed by atoms with Gasteiger partial charge >= 0.3 is 0 Å². The lowest BCUT2D eigenvalue weighted by molar-refractivity contribution is 0.102. The van der Waals surface area contributed by atoms with Gasteiger partial charge in [0.05, 0.1) is 11.3 Å². The molecule has 0 unspecified atom stereocenters. The van der Waals surface area contributed by atoms with Crippen molar-refractivity contribution in [2.75, 3.05) is 5.32 Å². The van der Waals surface area contributed by atoms with E-state index in [1.165, 1.54) is 24.4 Å². The normalized spacial score (nSPS) is 10.2. The molecule has 0 fully saturated rings. The molecule has 18 heavy (non-hydrogen) atoms. The predicted octanol–water partition coefficient (Wildman–Crippen LogP) is 3.84. The second kappa shape index (κ2) is 5.75. The van der Waals surface area contributed by atoms with E-state index < -0.39 is 0 Å². The van der Waals surface area contributed by atoms with Crippen molar-refractivity contribution in [1.82, 2.24) is 4.98 Å². The van der Waals surface area contributed by atoms with Crippen LogP contribution in [0.4, 0.5) is 10.1 Å². The fraction of sp³-hybridized carbons (Fsp3) is 0. The molecule has 0 aliphatic carbocycles. The summed E-state index contributed by atoms with van der Waals surface area (Å²) in [5.74, 6) is -0.616. The van der Waals surface area contributed by atoms with E-state index in [9.17, 15) is 9.18 Å². The van der Waals surface area contributed by atoms with Crippen LogP contribution in [0.25, 0.3) is 0 Å². The number of carbonyl (C=O) groups excluding carboxylic acids is 1. The van der Waals surface area contributed by atoms with E-state index in [4.69, 9.17) is 0 Å². The molecule has 3 nitrogen and oxygen atoms in total. The van der Waals surface area contributed by atoms with E-state index in [-0.39, 0.29) is 11.7 Å². The highest BCUT2D eigenvalue weighted by Gasteiger charge is 2.09. The number of carbonyl (C=O) groups is 1. The highest BCUT2D eigenvalue weighted by Crippen LogP contribution is 2.20. The lowest BCUT2D eigenvalue weighted by atomic mass is 10.2. The average Bonchev–Trinajstić information content (AvgIpc) is 2.32. The Kier molecular flexibility index (Phi) is 4.28. The van der Waals surface area contributed by atoms with Gasteiger partial charge in [-0.1, -0.05) is 0 Å². The number of pyridine rings is 1. The molecule has 1 aromatic heterocycles. The molecule has 1 heterocycles. The molecular formula is C12H7BrFIN2O. The molecule has 1 aromatic carbocycles.